The second-order valence-electron chi connectivity index (χ2n) is 6.44. The van der Waals surface area contributed by atoms with E-state index in [1.54, 1.807) is 0 Å². The molecule has 0 saturated carbocycles. The maximum Gasteiger partial charge on any atom is 0.300 e. The van der Waals surface area contributed by atoms with Crippen LogP contribution >= 0.6 is 0 Å². The molecule has 0 radical (unpaired) electrons. The third kappa shape index (κ3) is 6.87. The molecule has 138 valence electrons. The van der Waals surface area contributed by atoms with Gasteiger partial charge in [0.1, 0.15) is 0 Å². The average Bonchev–Trinajstić information content (AvgIpc) is 2.66. The second-order valence-corrected chi connectivity index (χ2v) is 6.44. The summed E-state index contributed by atoms with van der Waals surface area (Å²) >= 11 is 0. The number of nitrogens with one attached hydrogen (secondary N) is 1. The van der Waals surface area contributed by atoms with Gasteiger partial charge in [-0.15, -0.1) is 0 Å². The molecule has 3 aromatic carbocycles. The lowest BCUT2D eigenvalue weighted by atomic mass is 10.0. The zero-order valence-electron chi connectivity index (χ0n) is 15.9. The van der Waals surface area contributed by atoms with Crippen molar-refractivity contribution in [1.29, 1.82) is 0 Å². The number of hydrogen-bond acceptors (Lipinski definition) is 2. The molecule has 0 heterocycles. The third-order valence-electron chi connectivity index (χ3n) is 4.11. The Morgan fingerprint density at radius 2 is 1.52 bits per heavy atom. The van der Waals surface area contributed by atoms with Gasteiger partial charge in [0.15, 0.2) is 0 Å². The van der Waals surface area contributed by atoms with E-state index in [2.05, 4.69) is 85.6 Å². The van der Waals surface area contributed by atoms with Crippen molar-refractivity contribution in [3.05, 3.63) is 78.4 Å². The molecule has 0 fully saturated rings. The van der Waals surface area contributed by atoms with Crippen molar-refractivity contribution >= 4 is 22.4 Å². The van der Waals surface area contributed by atoms with E-state index in [0.717, 1.165) is 18.2 Å². The van der Waals surface area contributed by atoms with E-state index < -0.39 is 5.97 Å². The summed E-state index contributed by atoms with van der Waals surface area (Å²) in [6.07, 6.45) is 0. The summed E-state index contributed by atoms with van der Waals surface area (Å²) in [6.45, 7) is 5.42. The van der Waals surface area contributed by atoms with Crippen LogP contribution in [0.2, 0.25) is 0 Å². The number of carboxylic acid groups (broad SMARTS) is 1. The number of carbonyl (C=O) groups is 1. The molecule has 3 heteroatoms. The summed E-state index contributed by atoms with van der Waals surface area (Å²) in [5, 5.41) is 13.4. The Hall–Kier alpha value is -3.25. The summed E-state index contributed by atoms with van der Waals surface area (Å²) in [6, 6.07) is 25.3. The average molecular weight is 359 g/mol. The van der Waals surface area contributed by atoms with Crippen LogP contribution in [-0.2, 0) is 4.79 Å². The lowest BCUT2D eigenvalue weighted by Gasteiger charge is -2.18. The predicted molar refractivity (Wildman–Crippen MR) is 113 cm³/mol. The highest BCUT2D eigenvalue weighted by atomic mass is 16.4. The Morgan fingerprint density at radius 1 is 0.926 bits per heavy atom. The first kappa shape index (κ1) is 20.1. The summed E-state index contributed by atoms with van der Waals surface area (Å²) < 4.78 is 0. The van der Waals surface area contributed by atoms with Crippen molar-refractivity contribution in [1.82, 2.24) is 0 Å². The van der Waals surface area contributed by atoms with Crippen molar-refractivity contribution < 1.29 is 9.90 Å². The lowest BCUT2D eigenvalue weighted by Crippen LogP contribution is -2.22. The van der Waals surface area contributed by atoms with Crippen LogP contribution in [0.3, 0.4) is 0 Å². The predicted octanol–water partition coefficient (Wildman–Crippen LogP) is 5.42. The Morgan fingerprint density at radius 3 is 2.19 bits per heavy atom. The number of anilines is 1. The molecule has 3 nitrogen and oxygen atoms in total. The minimum absolute atomic E-state index is 0.265. The molecule has 0 aliphatic heterocycles. The molecule has 0 aliphatic rings. The lowest BCUT2D eigenvalue weighted by molar-refractivity contribution is -0.134. The first-order valence-corrected chi connectivity index (χ1v) is 8.97. The summed E-state index contributed by atoms with van der Waals surface area (Å²) in [4.78, 5) is 9.00. The Kier molecular flexibility index (Phi) is 7.46. The first-order valence-electron chi connectivity index (χ1n) is 8.97. The van der Waals surface area contributed by atoms with Gasteiger partial charge in [0, 0.05) is 30.1 Å². The Balaban J connectivity index is 0.000000596. The minimum Gasteiger partial charge on any atom is -0.481 e. The maximum atomic E-state index is 9.00. The molecule has 0 bridgehead atoms. The third-order valence-corrected chi connectivity index (χ3v) is 4.11. The van der Waals surface area contributed by atoms with Gasteiger partial charge in [-0.25, -0.2) is 0 Å². The zero-order chi connectivity index (χ0) is 19.6. The van der Waals surface area contributed by atoms with E-state index in [1.165, 1.54) is 10.8 Å². The molecule has 0 spiro atoms. The Labute approximate surface area is 161 Å². The molecule has 0 saturated heterocycles. The zero-order valence-corrected chi connectivity index (χ0v) is 15.9. The number of para-hydroxylation sites is 1. The van der Waals surface area contributed by atoms with E-state index >= 15 is 0 Å². The molecular weight excluding hydrogens is 334 g/mol. The fraction of sp³-hybridized carbons (Fsp3) is 0.208. The van der Waals surface area contributed by atoms with Gasteiger partial charge in [-0.1, -0.05) is 60.4 Å². The molecule has 3 aromatic rings. The van der Waals surface area contributed by atoms with Gasteiger partial charge in [-0.3, -0.25) is 4.79 Å². The van der Waals surface area contributed by atoms with Gasteiger partial charge in [-0.05, 0) is 48.9 Å². The second kappa shape index (κ2) is 10.0. The standard InChI is InChI=1S/C22H21N.C2H4O2/c1-17(18(2)23-22-10-4-3-5-11-22)12-13-19-14-15-20-8-6-7-9-21(20)16-19;1-2(3)4/h3-11,14-18,23H,1-2H3;1H3,(H,3,4). The van der Waals surface area contributed by atoms with Crippen molar-refractivity contribution in [2.24, 2.45) is 5.92 Å². The van der Waals surface area contributed by atoms with Gasteiger partial charge in [0.25, 0.3) is 5.97 Å². The van der Waals surface area contributed by atoms with Gasteiger partial charge >= 0.3 is 0 Å². The number of hydrogen-bond donors (Lipinski definition) is 2. The van der Waals surface area contributed by atoms with Gasteiger partial charge in [0.2, 0.25) is 0 Å². The molecule has 0 amide bonds. The van der Waals surface area contributed by atoms with E-state index in [0.29, 0.717) is 6.04 Å². The molecule has 0 aromatic heterocycles. The summed E-state index contributed by atoms with van der Waals surface area (Å²) in [5.74, 6) is 6.12. The molecular formula is C24H25NO2. The van der Waals surface area contributed by atoms with Crippen molar-refractivity contribution in [2.45, 2.75) is 26.8 Å². The molecule has 2 atom stereocenters. The normalized spacial score (nSPS) is 12.0. The Bertz CT molecular complexity index is 935. The maximum absolute atomic E-state index is 9.00. The highest BCUT2D eigenvalue weighted by Crippen LogP contribution is 2.16. The number of rotatable bonds is 3. The highest BCUT2D eigenvalue weighted by Gasteiger charge is 2.08. The number of carboxylic acids is 1. The van der Waals surface area contributed by atoms with E-state index in [9.17, 15) is 0 Å². The molecule has 0 aliphatic carbocycles. The van der Waals surface area contributed by atoms with Crippen LogP contribution in [0.1, 0.15) is 26.3 Å². The fourth-order valence-electron chi connectivity index (χ4n) is 2.51. The van der Waals surface area contributed by atoms with Crippen LogP contribution in [0.4, 0.5) is 5.69 Å². The number of aliphatic carboxylic acids is 1. The SMILES string of the molecule is CC(=O)O.CC(C#Cc1ccc2ccccc2c1)C(C)Nc1ccccc1. The molecule has 2 N–H and O–H groups in total. The van der Waals surface area contributed by atoms with Crippen LogP contribution in [0.15, 0.2) is 72.8 Å². The quantitative estimate of drug-likeness (QED) is 0.614. The van der Waals surface area contributed by atoms with Gasteiger partial charge in [0.05, 0.1) is 0 Å². The summed E-state index contributed by atoms with van der Waals surface area (Å²) in [5.41, 5.74) is 2.21. The van der Waals surface area contributed by atoms with Crippen molar-refractivity contribution in [2.75, 3.05) is 5.32 Å². The summed E-state index contributed by atoms with van der Waals surface area (Å²) in [7, 11) is 0. The van der Waals surface area contributed by atoms with Crippen LogP contribution in [-0.4, -0.2) is 17.1 Å². The van der Waals surface area contributed by atoms with Crippen LogP contribution in [0, 0.1) is 17.8 Å². The molecule has 2 unspecified atom stereocenters. The van der Waals surface area contributed by atoms with E-state index in [-0.39, 0.29) is 5.92 Å². The highest BCUT2D eigenvalue weighted by molar-refractivity contribution is 5.83. The number of benzene rings is 3. The van der Waals surface area contributed by atoms with Crippen LogP contribution < -0.4 is 5.32 Å². The van der Waals surface area contributed by atoms with Crippen LogP contribution in [0.5, 0.6) is 0 Å². The topological polar surface area (TPSA) is 49.3 Å². The number of fused-ring (bicyclic) bond motifs is 1. The van der Waals surface area contributed by atoms with Crippen molar-refractivity contribution in [3.8, 4) is 11.8 Å². The van der Waals surface area contributed by atoms with Crippen molar-refractivity contribution in [3.63, 3.8) is 0 Å². The fourth-order valence-corrected chi connectivity index (χ4v) is 2.51. The van der Waals surface area contributed by atoms with Crippen LogP contribution in [0.25, 0.3) is 10.8 Å². The molecule has 3 rings (SSSR count). The van der Waals surface area contributed by atoms with E-state index in [1.807, 2.05) is 18.2 Å². The first-order chi connectivity index (χ1) is 13.0. The van der Waals surface area contributed by atoms with Gasteiger partial charge in [-0.2, -0.15) is 0 Å². The van der Waals surface area contributed by atoms with E-state index in [4.69, 9.17) is 9.90 Å². The van der Waals surface area contributed by atoms with Gasteiger partial charge < -0.3 is 10.4 Å². The smallest absolute Gasteiger partial charge is 0.300 e. The largest absolute Gasteiger partial charge is 0.481 e. The molecule has 27 heavy (non-hydrogen) atoms. The minimum atomic E-state index is -0.833. The monoisotopic (exact) mass is 359 g/mol.